The summed E-state index contributed by atoms with van der Waals surface area (Å²) in [4.78, 5) is 28.2. The van der Waals surface area contributed by atoms with E-state index in [0.717, 1.165) is 4.57 Å². The maximum absolute atomic E-state index is 13.9. The highest BCUT2D eigenvalue weighted by atomic mass is 35.5. The first-order valence-electron chi connectivity index (χ1n) is 6.45. The third-order valence-electron chi connectivity index (χ3n) is 3.57. The quantitative estimate of drug-likeness (QED) is 0.714. The second-order valence-corrected chi connectivity index (χ2v) is 5.42. The van der Waals surface area contributed by atoms with Gasteiger partial charge in [-0.25, -0.2) is 14.2 Å². The number of nitrogens with zero attached hydrogens (tertiary/aromatic N) is 4. The van der Waals surface area contributed by atoms with Crippen LogP contribution in [0.5, 0.6) is 0 Å². The maximum Gasteiger partial charge on any atom is 0.332 e. The van der Waals surface area contributed by atoms with E-state index < -0.39 is 17.1 Å². The van der Waals surface area contributed by atoms with E-state index in [-0.39, 0.29) is 17.7 Å². The molecule has 2 heterocycles. The van der Waals surface area contributed by atoms with Gasteiger partial charge < -0.3 is 4.57 Å². The number of imidazole rings is 1. The lowest BCUT2D eigenvalue weighted by molar-refractivity contribution is 0.601. The van der Waals surface area contributed by atoms with Crippen molar-refractivity contribution in [1.82, 2.24) is 18.7 Å². The van der Waals surface area contributed by atoms with E-state index in [9.17, 15) is 14.0 Å². The Morgan fingerprint density at radius 3 is 2.68 bits per heavy atom. The molecule has 3 rings (SSSR count). The molecule has 0 spiro atoms. The fourth-order valence-electron chi connectivity index (χ4n) is 2.36. The van der Waals surface area contributed by atoms with Gasteiger partial charge in [-0.2, -0.15) is 0 Å². The molecule has 22 heavy (non-hydrogen) atoms. The van der Waals surface area contributed by atoms with E-state index in [4.69, 9.17) is 11.6 Å². The molecular weight excluding hydrogens is 311 g/mol. The highest BCUT2D eigenvalue weighted by Gasteiger charge is 2.15. The summed E-state index contributed by atoms with van der Waals surface area (Å²) in [5.74, 6) is -0.423. The minimum Gasteiger partial charge on any atom is -0.320 e. The average molecular weight is 323 g/mol. The molecular formula is C14H12ClFN4O2. The third kappa shape index (κ3) is 2.14. The molecule has 0 aliphatic carbocycles. The molecule has 0 fully saturated rings. The van der Waals surface area contributed by atoms with Gasteiger partial charge in [-0.1, -0.05) is 11.6 Å². The Morgan fingerprint density at radius 2 is 1.95 bits per heavy atom. The van der Waals surface area contributed by atoms with Crippen molar-refractivity contribution >= 4 is 22.8 Å². The molecule has 0 atom stereocenters. The van der Waals surface area contributed by atoms with E-state index in [1.807, 2.05) is 0 Å². The van der Waals surface area contributed by atoms with Crippen LogP contribution in [-0.2, 0) is 20.6 Å². The molecule has 3 aromatic rings. The first-order valence-corrected chi connectivity index (χ1v) is 6.82. The number of aryl methyl sites for hydroxylation is 1. The molecule has 0 radical (unpaired) electrons. The number of benzene rings is 1. The van der Waals surface area contributed by atoms with Crippen LogP contribution >= 0.6 is 11.6 Å². The van der Waals surface area contributed by atoms with Gasteiger partial charge in [0.15, 0.2) is 11.2 Å². The summed E-state index contributed by atoms with van der Waals surface area (Å²) < 4.78 is 17.6. The lowest BCUT2D eigenvalue weighted by Crippen LogP contribution is -2.37. The summed E-state index contributed by atoms with van der Waals surface area (Å²) in [6.45, 7) is 0.0936. The van der Waals surface area contributed by atoms with Crippen LogP contribution in [0, 0.1) is 5.82 Å². The molecule has 0 unspecified atom stereocenters. The largest absolute Gasteiger partial charge is 0.332 e. The van der Waals surface area contributed by atoms with Crippen molar-refractivity contribution in [2.24, 2.45) is 14.1 Å². The molecule has 0 amide bonds. The Kier molecular flexibility index (Phi) is 3.37. The summed E-state index contributed by atoms with van der Waals surface area (Å²) in [6.07, 6.45) is 1.41. The molecule has 8 heteroatoms. The van der Waals surface area contributed by atoms with Gasteiger partial charge in [-0.3, -0.25) is 13.9 Å². The van der Waals surface area contributed by atoms with Crippen LogP contribution in [0.4, 0.5) is 4.39 Å². The van der Waals surface area contributed by atoms with Gasteiger partial charge in [0, 0.05) is 24.7 Å². The van der Waals surface area contributed by atoms with Gasteiger partial charge in [-0.05, 0) is 18.2 Å². The van der Waals surface area contributed by atoms with Crippen LogP contribution in [0.2, 0.25) is 5.02 Å². The average Bonchev–Trinajstić information content (AvgIpc) is 2.90. The number of hydrogen-bond acceptors (Lipinski definition) is 3. The summed E-state index contributed by atoms with van der Waals surface area (Å²) in [7, 11) is 2.92. The molecule has 1 aromatic carbocycles. The van der Waals surface area contributed by atoms with Gasteiger partial charge in [0.25, 0.3) is 5.56 Å². The summed E-state index contributed by atoms with van der Waals surface area (Å²) in [5.41, 5.74) is -0.100. The Balaban J connectivity index is 2.23. The maximum atomic E-state index is 13.9. The zero-order chi connectivity index (χ0) is 16.0. The van der Waals surface area contributed by atoms with E-state index >= 15 is 0 Å². The van der Waals surface area contributed by atoms with Crippen molar-refractivity contribution in [1.29, 1.82) is 0 Å². The minimum absolute atomic E-state index is 0.0936. The van der Waals surface area contributed by atoms with Crippen LogP contribution in [0.3, 0.4) is 0 Å². The fraction of sp³-hybridized carbons (Fsp3) is 0.214. The Labute approximate surface area is 129 Å². The summed E-state index contributed by atoms with van der Waals surface area (Å²) in [6, 6.07) is 4.22. The number of hydrogen-bond donors (Lipinski definition) is 0. The first-order chi connectivity index (χ1) is 10.4. The number of fused-ring (bicyclic) bond motifs is 1. The number of rotatable bonds is 2. The molecule has 0 bridgehead atoms. The van der Waals surface area contributed by atoms with Crippen LogP contribution in [-0.4, -0.2) is 18.7 Å². The zero-order valence-electron chi connectivity index (χ0n) is 11.9. The smallest absolute Gasteiger partial charge is 0.320 e. The molecule has 2 aromatic heterocycles. The standard InChI is InChI=1S/C14H12ClFN4O2/c1-18-12-11(13(21)19(2)14(18)22)20(7-17-12)6-8-5-9(15)3-4-10(8)16/h3-5,7H,6H2,1-2H3. The third-order valence-corrected chi connectivity index (χ3v) is 3.80. The lowest BCUT2D eigenvalue weighted by Gasteiger charge is -2.08. The van der Waals surface area contributed by atoms with Crippen LogP contribution in [0.1, 0.15) is 5.56 Å². The van der Waals surface area contributed by atoms with Gasteiger partial charge in [0.2, 0.25) is 0 Å². The first kappa shape index (κ1) is 14.5. The van der Waals surface area contributed by atoms with E-state index in [1.165, 1.54) is 47.8 Å². The Bertz CT molecular complexity index is 1000. The topological polar surface area (TPSA) is 61.8 Å². The lowest BCUT2D eigenvalue weighted by atomic mass is 10.2. The molecule has 0 N–H and O–H groups in total. The molecule has 0 saturated heterocycles. The van der Waals surface area contributed by atoms with Crippen molar-refractivity contribution in [3.8, 4) is 0 Å². The monoisotopic (exact) mass is 322 g/mol. The van der Waals surface area contributed by atoms with Gasteiger partial charge >= 0.3 is 5.69 Å². The highest BCUT2D eigenvalue weighted by molar-refractivity contribution is 6.30. The molecule has 0 saturated carbocycles. The number of aromatic nitrogens is 4. The SMILES string of the molecule is Cn1c(=O)c2c(ncn2Cc2cc(Cl)ccc2F)n(C)c1=O. The van der Waals surface area contributed by atoms with E-state index in [0.29, 0.717) is 10.6 Å². The second kappa shape index (κ2) is 5.10. The minimum atomic E-state index is -0.474. The van der Waals surface area contributed by atoms with Gasteiger partial charge in [0.05, 0.1) is 12.9 Å². The Morgan fingerprint density at radius 1 is 1.23 bits per heavy atom. The Hall–Kier alpha value is -2.41. The molecule has 114 valence electrons. The van der Waals surface area contributed by atoms with E-state index in [1.54, 1.807) is 0 Å². The summed E-state index contributed by atoms with van der Waals surface area (Å²) in [5, 5.41) is 0.404. The fourth-order valence-corrected chi connectivity index (χ4v) is 2.56. The zero-order valence-corrected chi connectivity index (χ0v) is 12.6. The normalized spacial score (nSPS) is 11.3. The van der Waals surface area contributed by atoms with Crippen molar-refractivity contribution < 1.29 is 4.39 Å². The van der Waals surface area contributed by atoms with Crippen molar-refractivity contribution in [2.45, 2.75) is 6.54 Å². The number of halogens is 2. The van der Waals surface area contributed by atoms with Gasteiger partial charge in [0.1, 0.15) is 5.82 Å². The van der Waals surface area contributed by atoms with E-state index in [2.05, 4.69) is 4.98 Å². The predicted octanol–water partition coefficient (Wildman–Crippen LogP) is 1.27. The molecule has 0 aliphatic rings. The molecule has 6 nitrogen and oxygen atoms in total. The van der Waals surface area contributed by atoms with Crippen molar-refractivity contribution in [3.05, 3.63) is 61.8 Å². The van der Waals surface area contributed by atoms with Gasteiger partial charge in [-0.15, -0.1) is 0 Å². The summed E-state index contributed by atoms with van der Waals surface area (Å²) >= 11 is 5.87. The van der Waals surface area contributed by atoms with Crippen LogP contribution in [0.25, 0.3) is 11.2 Å². The predicted molar refractivity (Wildman–Crippen MR) is 80.7 cm³/mol. The van der Waals surface area contributed by atoms with Crippen molar-refractivity contribution in [2.75, 3.05) is 0 Å². The van der Waals surface area contributed by atoms with Crippen molar-refractivity contribution in [3.63, 3.8) is 0 Å². The van der Waals surface area contributed by atoms with Crippen LogP contribution < -0.4 is 11.2 Å². The van der Waals surface area contributed by atoms with Crippen LogP contribution in [0.15, 0.2) is 34.1 Å². The highest BCUT2D eigenvalue weighted by Crippen LogP contribution is 2.17. The second-order valence-electron chi connectivity index (χ2n) is 4.99. The molecule has 0 aliphatic heterocycles.